The molecule has 0 saturated heterocycles. The summed E-state index contributed by atoms with van der Waals surface area (Å²) >= 11 is 0. The monoisotopic (exact) mass is 290 g/mol. The molecular formula is C13H22N8. The smallest absolute Gasteiger partial charge is 0.258 e. The van der Waals surface area contributed by atoms with Crippen molar-refractivity contribution in [3.05, 3.63) is 11.6 Å². The second-order valence-electron chi connectivity index (χ2n) is 4.75. The fourth-order valence-electron chi connectivity index (χ4n) is 1.82. The molecule has 0 aliphatic rings. The molecule has 0 atom stereocenters. The van der Waals surface area contributed by atoms with Crippen LogP contribution in [0.3, 0.4) is 0 Å². The molecule has 2 aromatic rings. The van der Waals surface area contributed by atoms with Gasteiger partial charge in [-0.1, -0.05) is 13.8 Å². The normalized spacial score (nSPS) is 10.7. The van der Waals surface area contributed by atoms with Gasteiger partial charge in [0.2, 0.25) is 11.9 Å². The second kappa shape index (κ2) is 6.47. The Balaban J connectivity index is 2.53. The standard InChI is InChI=1S/C13H22N8/c1-6-9-15-10(7-2)21(19-9)13-17-11(14-8-3)16-12(18-13)20(4)5/h6-8H2,1-5H3,(H,14,16,17,18). The molecule has 2 rings (SSSR count). The van der Waals surface area contributed by atoms with Gasteiger partial charge in [-0.05, 0) is 6.92 Å². The summed E-state index contributed by atoms with van der Waals surface area (Å²) in [5.41, 5.74) is 0. The molecular weight excluding hydrogens is 268 g/mol. The number of anilines is 2. The number of nitrogens with one attached hydrogen (secondary N) is 1. The average Bonchev–Trinajstić information content (AvgIpc) is 2.90. The van der Waals surface area contributed by atoms with Gasteiger partial charge < -0.3 is 10.2 Å². The number of hydrogen-bond donors (Lipinski definition) is 1. The van der Waals surface area contributed by atoms with E-state index in [0.717, 1.165) is 31.0 Å². The van der Waals surface area contributed by atoms with E-state index in [1.165, 1.54) is 0 Å². The Morgan fingerprint density at radius 1 is 1.00 bits per heavy atom. The van der Waals surface area contributed by atoms with Crippen LogP contribution < -0.4 is 10.2 Å². The molecule has 2 aromatic heterocycles. The highest BCUT2D eigenvalue weighted by Gasteiger charge is 2.15. The molecule has 8 nitrogen and oxygen atoms in total. The first-order chi connectivity index (χ1) is 10.1. The van der Waals surface area contributed by atoms with Crippen LogP contribution in [0.25, 0.3) is 5.95 Å². The van der Waals surface area contributed by atoms with Gasteiger partial charge in [0.05, 0.1) is 0 Å². The van der Waals surface area contributed by atoms with Gasteiger partial charge >= 0.3 is 0 Å². The van der Waals surface area contributed by atoms with Crippen molar-refractivity contribution in [2.24, 2.45) is 0 Å². The maximum Gasteiger partial charge on any atom is 0.258 e. The van der Waals surface area contributed by atoms with Gasteiger partial charge in [0, 0.05) is 33.5 Å². The third-order valence-electron chi connectivity index (χ3n) is 2.89. The number of aromatic nitrogens is 6. The van der Waals surface area contributed by atoms with Crippen LogP contribution in [0.15, 0.2) is 0 Å². The Labute approximate surface area is 124 Å². The first-order valence-corrected chi connectivity index (χ1v) is 7.21. The van der Waals surface area contributed by atoms with E-state index in [4.69, 9.17) is 0 Å². The third-order valence-corrected chi connectivity index (χ3v) is 2.89. The zero-order valence-corrected chi connectivity index (χ0v) is 13.3. The first kappa shape index (κ1) is 15.1. The maximum atomic E-state index is 4.49. The molecule has 8 heteroatoms. The van der Waals surface area contributed by atoms with Gasteiger partial charge in [-0.3, -0.25) is 0 Å². The summed E-state index contributed by atoms with van der Waals surface area (Å²) in [5, 5.41) is 7.60. The molecule has 2 heterocycles. The van der Waals surface area contributed by atoms with Gasteiger partial charge in [0.15, 0.2) is 5.82 Å². The lowest BCUT2D eigenvalue weighted by atomic mass is 10.4. The third kappa shape index (κ3) is 3.26. The first-order valence-electron chi connectivity index (χ1n) is 7.21. The van der Waals surface area contributed by atoms with Crippen LogP contribution >= 0.6 is 0 Å². The fourth-order valence-corrected chi connectivity index (χ4v) is 1.82. The van der Waals surface area contributed by atoms with Crippen molar-refractivity contribution < 1.29 is 0 Å². The summed E-state index contributed by atoms with van der Waals surface area (Å²) in [4.78, 5) is 19.6. The van der Waals surface area contributed by atoms with Crippen molar-refractivity contribution in [2.45, 2.75) is 33.6 Å². The van der Waals surface area contributed by atoms with Crippen molar-refractivity contribution in [3.8, 4) is 5.95 Å². The fraction of sp³-hybridized carbons (Fsp3) is 0.615. The molecule has 0 spiro atoms. The van der Waals surface area contributed by atoms with Gasteiger partial charge in [0.1, 0.15) is 5.82 Å². The summed E-state index contributed by atoms with van der Waals surface area (Å²) in [7, 11) is 3.79. The molecule has 21 heavy (non-hydrogen) atoms. The summed E-state index contributed by atoms with van der Waals surface area (Å²) in [6.07, 6.45) is 1.55. The van der Waals surface area contributed by atoms with E-state index in [2.05, 4.69) is 30.4 Å². The zero-order valence-electron chi connectivity index (χ0n) is 13.3. The van der Waals surface area contributed by atoms with Crippen LogP contribution in [0.4, 0.5) is 11.9 Å². The highest BCUT2D eigenvalue weighted by Crippen LogP contribution is 2.13. The molecule has 0 unspecified atom stereocenters. The number of aryl methyl sites for hydroxylation is 2. The molecule has 0 radical (unpaired) electrons. The summed E-state index contributed by atoms with van der Waals surface area (Å²) in [6.45, 7) is 6.82. The average molecular weight is 290 g/mol. The lowest BCUT2D eigenvalue weighted by Crippen LogP contribution is -2.18. The molecule has 0 fully saturated rings. The Morgan fingerprint density at radius 2 is 1.76 bits per heavy atom. The Morgan fingerprint density at radius 3 is 2.33 bits per heavy atom. The molecule has 0 aliphatic carbocycles. The number of hydrogen-bond acceptors (Lipinski definition) is 7. The molecule has 0 aliphatic heterocycles. The quantitative estimate of drug-likeness (QED) is 0.852. The molecule has 0 bridgehead atoms. The summed E-state index contributed by atoms with van der Waals surface area (Å²) < 4.78 is 1.70. The van der Waals surface area contributed by atoms with Gasteiger partial charge in [0.25, 0.3) is 5.95 Å². The minimum atomic E-state index is 0.494. The summed E-state index contributed by atoms with van der Waals surface area (Å²) in [6, 6.07) is 0. The number of rotatable bonds is 6. The molecule has 0 amide bonds. The van der Waals surface area contributed by atoms with Crippen molar-refractivity contribution in [3.63, 3.8) is 0 Å². The minimum Gasteiger partial charge on any atom is -0.354 e. The van der Waals surface area contributed by atoms with E-state index >= 15 is 0 Å². The topological polar surface area (TPSA) is 84.7 Å². The number of nitrogens with zero attached hydrogens (tertiary/aromatic N) is 7. The van der Waals surface area contributed by atoms with Crippen LogP contribution in [0.2, 0.25) is 0 Å². The maximum absolute atomic E-state index is 4.49. The van der Waals surface area contributed by atoms with E-state index in [9.17, 15) is 0 Å². The second-order valence-corrected chi connectivity index (χ2v) is 4.75. The van der Waals surface area contributed by atoms with Crippen LogP contribution in [-0.2, 0) is 12.8 Å². The lowest BCUT2D eigenvalue weighted by Gasteiger charge is -2.13. The highest BCUT2D eigenvalue weighted by atomic mass is 15.4. The van der Waals surface area contributed by atoms with E-state index in [0.29, 0.717) is 17.8 Å². The Bertz CT molecular complexity index is 604. The molecule has 114 valence electrons. The van der Waals surface area contributed by atoms with Crippen LogP contribution in [0.5, 0.6) is 0 Å². The van der Waals surface area contributed by atoms with Crippen molar-refractivity contribution >= 4 is 11.9 Å². The van der Waals surface area contributed by atoms with Crippen LogP contribution in [0, 0.1) is 0 Å². The predicted molar refractivity (Wildman–Crippen MR) is 82.0 cm³/mol. The predicted octanol–water partition coefficient (Wildman–Crippen LogP) is 1.07. The Kier molecular flexibility index (Phi) is 4.66. The largest absolute Gasteiger partial charge is 0.354 e. The van der Waals surface area contributed by atoms with E-state index in [1.807, 2.05) is 39.8 Å². The molecule has 0 aromatic carbocycles. The SMILES string of the molecule is CCNc1nc(N(C)C)nc(-n2nc(CC)nc2CC)n1. The minimum absolute atomic E-state index is 0.494. The van der Waals surface area contributed by atoms with Gasteiger partial charge in [-0.25, -0.2) is 4.98 Å². The molecule has 1 N–H and O–H groups in total. The van der Waals surface area contributed by atoms with Crippen molar-refractivity contribution in [2.75, 3.05) is 30.9 Å². The van der Waals surface area contributed by atoms with Crippen LogP contribution in [0.1, 0.15) is 32.4 Å². The van der Waals surface area contributed by atoms with Crippen molar-refractivity contribution in [1.82, 2.24) is 29.7 Å². The van der Waals surface area contributed by atoms with E-state index in [-0.39, 0.29) is 0 Å². The van der Waals surface area contributed by atoms with E-state index < -0.39 is 0 Å². The van der Waals surface area contributed by atoms with Crippen LogP contribution in [-0.4, -0.2) is 50.4 Å². The molecule has 0 saturated carbocycles. The zero-order chi connectivity index (χ0) is 15.4. The highest BCUT2D eigenvalue weighted by molar-refractivity contribution is 5.39. The van der Waals surface area contributed by atoms with Gasteiger partial charge in [-0.2, -0.15) is 19.6 Å². The Hall–Kier alpha value is -2.25. The van der Waals surface area contributed by atoms with Gasteiger partial charge in [-0.15, -0.1) is 5.10 Å². The van der Waals surface area contributed by atoms with E-state index in [1.54, 1.807) is 4.68 Å². The summed E-state index contributed by atoms with van der Waals surface area (Å²) in [5.74, 6) is 3.27. The van der Waals surface area contributed by atoms with Crippen molar-refractivity contribution in [1.29, 1.82) is 0 Å². The lowest BCUT2D eigenvalue weighted by molar-refractivity contribution is 0.733.